The third-order valence-corrected chi connectivity index (χ3v) is 1.97. The Bertz CT molecular complexity index is 249. The molecule has 0 aliphatic heterocycles. The van der Waals surface area contributed by atoms with E-state index >= 15 is 0 Å². The van der Waals surface area contributed by atoms with Crippen molar-refractivity contribution in [2.24, 2.45) is 0 Å². The topological polar surface area (TPSA) is 0 Å². The smallest absolute Gasteiger partial charge is 1.00 e. The molecule has 2 aliphatic carbocycles. The third kappa shape index (κ3) is 3.71. The van der Waals surface area contributed by atoms with E-state index in [-0.39, 0.29) is 40.0 Å². The molecule has 0 atom stereocenters. The molecule has 13 heavy (non-hydrogen) atoms. The summed E-state index contributed by atoms with van der Waals surface area (Å²) in [5, 5.41) is 0. The second-order valence-electron chi connectivity index (χ2n) is 2.89. The van der Waals surface area contributed by atoms with Crippen molar-refractivity contribution in [3.8, 4) is 0 Å². The Kier molecular flexibility index (Phi) is 6.46. The van der Waals surface area contributed by atoms with E-state index in [0.717, 1.165) is 12.8 Å². The molecule has 0 saturated heterocycles. The van der Waals surface area contributed by atoms with E-state index in [0.29, 0.717) is 0 Å². The maximum absolute atomic E-state index is 2.28. The van der Waals surface area contributed by atoms with Crippen LogP contribution in [0, 0.1) is 6.42 Å². The van der Waals surface area contributed by atoms with Gasteiger partial charge in [0.15, 0.2) is 0 Å². The number of halogens is 1. The van der Waals surface area contributed by atoms with Crippen molar-refractivity contribution >= 4 is 0 Å². The molecule has 2 rings (SSSR count). The first-order valence-electron chi connectivity index (χ1n) is 4.01. The fourth-order valence-corrected chi connectivity index (χ4v) is 1.38. The molecule has 67 valence electrons. The van der Waals surface area contributed by atoms with Crippen molar-refractivity contribution in [3.05, 3.63) is 54.0 Å². The molecule has 0 nitrogen and oxygen atoms in total. The summed E-state index contributed by atoms with van der Waals surface area (Å²) in [5.41, 5.74) is 2.86. The van der Waals surface area contributed by atoms with E-state index in [4.69, 9.17) is 0 Å². The molecule has 0 spiro atoms. The van der Waals surface area contributed by atoms with Gasteiger partial charge >= 0.3 is 26.2 Å². The van der Waals surface area contributed by atoms with E-state index in [1.165, 1.54) is 11.1 Å². The van der Waals surface area contributed by atoms with Crippen LogP contribution in [0.15, 0.2) is 47.6 Å². The van der Waals surface area contributed by atoms with E-state index in [1.807, 2.05) is 0 Å². The van der Waals surface area contributed by atoms with Gasteiger partial charge in [-0.25, -0.2) is 0 Å². The van der Waals surface area contributed by atoms with Crippen LogP contribution in [0.3, 0.4) is 0 Å². The van der Waals surface area contributed by atoms with Crippen molar-refractivity contribution in [1.29, 1.82) is 0 Å². The Labute approximate surface area is 107 Å². The zero-order valence-corrected chi connectivity index (χ0v) is 10.5. The molecule has 0 aromatic heterocycles. The van der Waals surface area contributed by atoms with E-state index in [9.17, 15) is 0 Å². The molecule has 0 amide bonds. The Morgan fingerprint density at radius 1 is 1.00 bits per heavy atom. The van der Waals surface area contributed by atoms with Crippen LogP contribution in [0.4, 0.5) is 0 Å². The molecule has 2 heteroatoms. The average molecular weight is 271 g/mol. The first-order chi connectivity index (χ1) is 5.45. The van der Waals surface area contributed by atoms with Gasteiger partial charge in [0.05, 0.1) is 0 Å². The van der Waals surface area contributed by atoms with Gasteiger partial charge in [-0.15, -0.1) is 12.2 Å². The molecule has 0 N–H and O–H groups in total. The van der Waals surface area contributed by atoms with Crippen LogP contribution in [0.5, 0.6) is 0 Å². The van der Waals surface area contributed by atoms with Gasteiger partial charge in [-0.05, 0) is 12.8 Å². The number of hydrogen-bond donors (Lipinski definition) is 0. The zero-order chi connectivity index (χ0) is 7.52. The first kappa shape index (κ1) is 13.0. The van der Waals surface area contributed by atoms with E-state index in [2.05, 4.69) is 42.9 Å². The number of rotatable bonds is 2. The largest absolute Gasteiger partial charge is 3.00 e. The van der Waals surface area contributed by atoms with Crippen LogP contribution in [-0.4, -0.2) is 0 Å². The summed E-state index contributed by atoms with van der Waals surface area (Å²) in [7, 11) is 0. The second kappa shape index (κ2) is 6.46. The van der Waals surface area contributed by atoms with Crippen molar-refractivity contribution in [1.82, 2.24) is 0 Å². The van der Waals surface area contributed by atoms with Crippen molar-refractivity contribution in [3.63, 3.8) is 0 Å². The first-order valence-corrected chi connectivity index (χ1v) is 4.01. The maximum Gasteiger partial charge on any atom is 3.00 e. The molecular weight excluding hydrogens is 259 g/mol. The summed E-state index contributed by atoms with van der Waals surface area (Å²) in [4.78, 5) is 0. The minimum atomic E-state index is 0. The molecule has 0 bridgehead atoms. The Balaban J connectivity index is 0. The summed E-state index contributed by atoms with van der Waals surface area (Å²) >= 11 is 0. The Morgan fingerprint density at radius 2 is 1.46 bits per heavy atom. The molecule has 0 saturated carbocycles. The van der Waals surface area contributed by atoms with Gasteiger partial charge in [-0.2, -0.15) is 29.7 Å². The summed E-state index contributed by atoms with van der Waals surface area (Å²) in [6, 6.07) is 0. The molecule has 1 radical (unpaired) electrons. The predicted molar refractivity (Wildman–Crippen MR) is 49.1 cm³/mol. The fraction of sp³-hybridized carbons (Fsp3) is 0.182. The summed E-state index contributed by atoms with van der Waals surface area (Å²) < 4.78 is 0. The Morgan fingerprint density at radius 3 is 1.77 bits per heavy atom. The van der Waals surface area contributed by atoms with Crippen LogP contribution in [0.2, 0.25) is 0 Å². The number of allylic oxidation sites excluding steroid dienone is 8. The zero-order valence-electron chi connectivity index (χ0n) is 8.33. The minimum absolute atomic E-state index is 0. The van der Waals surface area contributed by atoms with Crippen LogP contribution >= 0.6 is 0 Å². The van der Waals surface area contributed by atoms with Crippen LogP contribution < -0.4 is 12.4 Å². The standard InChI is InChI=1S/C11H11.ClH.Zr.H/c1-2-6-10(5-1)9-11-7-3-4-8-11;;;/h1-5,7,9H,6,8H2;1H;;/q-1;;+3;-1/p-1. The molecule has 0 heterocycles. The van der Waals surface area contributed by atoms with Gasteiger partial charge in [0, 0.05) is 0 Å². The molecule has 0 fully saturated rings. The van der Waals surface area contributed by atoms with Gasteiger partial charge < -0.3 is 13.8 Å². The minimum Gasteiger partial charge on any atom is -1.00 e. The van der Waals surface area contributed by atoms with Gasteiger partial charge in [0.2, 0.25) is 0 Å². The summed E-state index contributed by atoms with van der Waals surface area (Å²) in [5.74, 6) is 0. The molecular formula is C11H12ClZr. The number of hydrogen-bond acceptors (Lipinski definition) is 0. The normalized spacial score (nSPS) is 17.2. The van der Waals surface area contributed by atoms with Gasteiger partial charge in [-0.1, -0.05) is 12.2 Å². The third-order valence-electron chi connectivity index (χ3n) is 1.97. The van der Waals surface area contributed by atoms with Crippen LogP contribution in [0.1, 0.15) is 14.3 Å². The summed E-state index contributed by atoms with van der Waals surface area (Å²) in [6.45, 7) is 0. The monoisotopic (exact) mass is 269 g/mol. The maximum atomic E-state index is 2.28. The van der Waals surface area contributed by atoms with Gasteiger partial charge in [0.1, 0.15) is 0 Å². The van der Waals surface area contributed by atoms with Crippen LogP contribution in [-0.2, 0) is 26.2 Å². The molecule has 0 aromatic rings. The van der Waals surface area contributed by atoms with Gasteiger partial charge in [0.25, 0.3) is 0 Å². The van der Waals surface area contributed by atoms with Crippen LogP contribution in [0.25, 0.3) is 0 Å². The molecule has 0 aromatic carbocycles. The Hall–Kier alpha value is 0.00312. The molecule has 0 unspecified atom stereocenters. The van der Waals surface area contributed by atoms with Gasteiger partial charge in [-0.3, -0.25) is 0 Å². The van der Waals surface area contributed by atoms with Crippen molar-refractivity contribution in [2.45, 2.75) is 12.8 Å². The second-order valence-corrected chi connectivity index (χ2v) is 2.89. The summed E-state index contributed by atoms with van der Waals surface area (Å²) in [6.07, 6.45) is 17.5. The predicted octanol–water partition coefficient (Wildman–Crippen LogP) is 0.0773. The quantitative estimate of drug-likeness (QED) is 0.624. The van der Waals surface area contributed by atoms with Crippen molar-refractivity contribution < 1.29 is 40.0 Å². The van der Waals surface area contributed by atoms with Crippen molar-refractivity contribution in [2.75, 3.05) is 0 Å². The SMILES string of the molecule is C1=CCC([CH-]C2=CC=CC2)=C1.[Cl-].[H-].[Zr+3]. The van der Waals surface area contributed by atoms with E-state index < -0.39 is 0 Å². The molecule has 2 aliphatic rings. The fourth-order valence-electron chi connectivity index (χ4n) is 1.38. The average Bonchev–Trinajstić information content (AvgIpc) is 2.60. The van der Waals surface area contributed by atoms with E-state index in [1.54, 1.807) is 0 Å².